The zero-order chi connectivity index (χ0) is 27.2. The van der Waals surface area contributed by atoms with Crippen molar-refractivity contribution in [2.24, 2.45) is 4.52 Å². The third kappa shape index (κ3) is 7.90. The molecule has 0 N–H and O–H groups in total. The maximum atomic E-state index is 14.2. The van der Waals surface area contributed by atoms with Gasteiger partial charge in [0.15, 0.2) is 8.32 Å². The molecule has 3 rings (SSSR count). The second-order valence-electron chi connectivity index (χ2n) is 10.5. The Kier molecular flexibility index (Phi) is 10.0. The number of hydrogen-bond donors (Lipinski definition) is 0. The first kappa shape index (κ1) is 29.8. The van der Waals surface area contributed by atoms with Gasteiger partial charge in [0.1, 0.15) is 11.5 Å². The number of nitrogens with zero attached hydrogens (tertiary/aromatic N) is 3. The molecule has 2 aromatic carbocycles. The van der Waals surface area contributed by atoms with Gasteiger partial charge in [0.25, 0.3) is 0 Å². The first-order chi connectivity index (χ1) is 17.4. The Bertz CT molecular complexity index is 1080. The summed E-state index contributed by atoms with van der Waals surface area (Å²) in [5, 5.41) is 0.153. The van der Waals surface area contributed by atoms with Gasteiger partial charge in [-0.1, -0.05) is 69.3 Å². The predicted molar refractivity (Wildman–Crippen MR) is 155 cm³/mol. The largest absolute Gasteiger partial charge is 0.566 e. The molecule has 0 spiro atoms. The van der Waals surface area contributed by atoms with Crippen molar-refractivity contribution in [1.82, 2.24) is 9.34 Å². The Morgan fingerprint density at radius 2 is 1.35 bits per heavy atom. The molecule has 0 radical (unpaired) electrons. The lowest BCUT2D eigenvalue weighted by Crippen LogP contribution is -2.40. The number of rotatable bonds is 11. The van der Waals surface area contributed by atoms with E-state index in [4.69, 9.17) is 22.5 Å². The van der Waals surface area contributed by atoms with Crippen LogP contribution in [0.5, 0.6) is 11.5 Å². The van der Waals surface area contributed by atoms with E-state index in [1.807, 2.05) is 72.0 Å². The zero-order valence-electron chi connectivity index (χ0n) is 23.0. The maximum Gasteiger partial charge on any atom is 0.566 e. The Balaban J connectivity index is 1.85. The molecule has 1 aliphatic heterocycles. The third-order valence-electron chi connectivity index (χ3n) is 6.65. The van der Waals surface area contributed by atoms with Crippen LogP contribution in [0, 0.1) is 0 Å². The van der Waals surface area contributed by atoms with Crippen LogP contribution in [0.4, 0.5) is 0 Å². The second-order valence-corrected chi connectivity index (χ2v) is 20.0. The van der Waals surface area contributed by atoms with Crippen molar-refractivity contribution in [3.63, 3.8) is 0 Å². The van der Waals surface area contributed by atoms with Gasteiger partial charge >= 0.3 is 7.75 Å². The average molecular weight is 566 g/mol. The zero-order valence-corrected chi connectivity index (χ0v) is 25.8. The van der Waals surface area contributed by atoms with Crippen molar-refractivity contribution < 1.29 is 22.6 Å². The van der Waals surface area contributed by atoms with Crippen molar-refractivity contribution in [3.8, 4) is 11.5 Å². The van der Waals surface area contributed by atoms with Gasteiger partial charge < -0.3 is 18.0 Å². The second kappa shape index (κ2) is 12.4. The van der Waals surface area contributed by atoms with Gasteiger partial charge in [0.05, 0.1) is 13.2 Å². The molecule has 0 amide bonds. The average Bonchev–Trinajstić information content (AvgIpc) is 3.09. The molecule has 1 fully saturated rings. The van der Waals surface area contributed by atoms with Gasteiger partial charge in [-0.2, -0.15) is 0 Å². The summed E-state index contributed by atoms with van der Waals surface area (Å²) >= 11 is 0. The standard InChI is InChI=1S/C26H41N3O5P2Si/c1-26(2,3)37(6,7)32-23-15-14-22-31-35(28(4)20-21-29(35)5)27-36(30,33-24-16-10-8-11-17-24)34-25-18-12-9-13-19-25/h8-19H,20-23H2,1-7H3/b15-14-. The molecule has 0 aromatic heterocycles. The van der Waals surface area contributed by atoms with Crippen molar-refractivity contribution >= 4 is 23.6 Å². The summed E-state index contributed by atoms with van der Waals surface area (Å²) in [6.07, 6.45) is 3.92. The lowest BCUT2D eigenvalue weighted by atomic mass is 10.2. The molecule has 8 nitrogen and oxygen atoms in total. The maximum absolute atomic E-state index is 14.2. The van der Waals surface area contributed by atoms with Gasteiger partial charge in [0.2, 0.25) is 7.58 Å². The Morgan fingerprint density at radius 3 is 1.81 bits per heavy atom. The van der Waals surface area contributed by atoms with Crippen LogP contribution in [0.1, 0.15) is 20.8 Å². The lowest BCUT2D eigenvalue weighted by molar-refractivity contribution is 0.321. The summed E-state index contributed by atoms with van der Waals surface area (Å²) in [4.78, 5) is 0. The molecule has 1 aliphatic rings. The van der Waals surface area contributed by atoms with Crippen LogP contribution < -0.4 is 9.05 Å². The molecule has 0 unspecified atom stereocenters. The first-order valence-corrected chi connectivity index (χ1v) is 18.4. The summed E-state index contributed by atoms with van der Waals surface area (Å²) < 4.78 is 47.5. The van der Waals surface area contributed by atoms with Gasteiger partial charge in [-0.15, -0.1) is 4.52 Å². The molecule has 2 aromatic rings. The van der Waals surface area contributed by atoms with E-state index in [0.717, 1.165) is 13.1 Å². The van der Waals surface area contributed by atoms with E-state index in [1.165, 1.54) is 0 Å². The minimum atomic E-state index is -4.03. The van der Waals surface area contributed by atoms with Crippen molar-refractivity contribution in [3.05, 3.63) is 72.8 Å². The molecular formula is C26H41N3O5P2Si. The van der Waals surface area contributed by atoms with Gasteiger partial charge in [-0.25, -0.2) is 13.9 Å². The monoisotopic (exact) mass is 565 g/mol. The fourth-order valence-electron chi connectivity index (χ4n) is 3.35. The first-order valence-electron chi connectivity index (χ1n) is 12.5. The minimum absolute atomic E-state index is 0.153. The normalized spacial score (nSPS) is 17.3. The topological polar surface area (TPSA) is 72.8 Å². The van der Waals surface area contributed by atoms with Gasteiger partial charge in [-0.05, 0) is 56.5 Å². The van der Waals surface area contributed by atoms with Crippen LogP contribution in [0.2, 0.25) is 18.1 Å². The van der Waals surface area contributed by atoms with E-state index in [2.05, 4.69) is 33.9 Å². The highest BCUT2D eigenvalue weighted by Crippen LogP contribution is 2.67. The van der Waals surface area contributed by atoms with Crippen LogP contribution in [0.25, 0.3) is 0 Å². The highest BCUT2D eigenvalue weighted by atomic mass is 31.2. The molecule has 204 valence electrons. The van der Waals surface area contributed by atoms with Crippen LogP contribution in [0.15, 0.2) is 77.3 Å². The van der Waals surface area contributed by atoms with E-state index in [0.29, 0.717) is 24.7 Å². The van der Waals surface area contributed by atoms with Crippen LogP contribution in [-0.4, -0.2) is 58.1 Å². The van der Waals surface area contributed by atoms with Crippen molar-refractivity contribution in [2.75, 3.05) is 40.4 Å². The smallest absolute Gasteiger partial charge is 0.413 e. The lowest BCUT2D eigenvalue weighted by Gasteiger charge is -2.35. The molecule has 1 heterocycles. The molecule has 1 saturated heterocycles. The molecule has 0 bridgehead atoms. The summed E-state index contributed by atoms with van der Waals surface area (Å²) in [7, 11) is -4.83. The Morgan fingerprint density at radius 1 is 0.892 bits per heavy atom. The fraction of sp³-hybridized carbons (Fsp3) is 0.462. The van der Waals surface area contributed by atoms with E-state index >= 15 is 0 Å². The summed E-state index contributed by atoms with van der Waals surface area (Å²) in [5.41, 5.74) is 0. The SMILES string of the molecule is CN1CCN(C)P1(=NP(=O)(Oc1ccccc1)Oc1ccccc1)OC/C=C\CO[Si](C)(C)C(C)(C)C. The quantitative estimate of drug-likeness (QED) is 0.157. The number of likely N-dealkylation sites (N-methyl/N-ethyl adjacent to an activating group) is 2. The van der Waals surface area contributed by atoms with Crippen LogP contribution in [0.3, 0.4) is 0 Å². The number of para-hydroxylation sites is 2. The van der Waals surface area contributed by atoms with Crippen LogP contribution in [-0.2, 0) is 13.5 Å². The number of hydrogen-bond acceptors (Lipinski definition) is 5. The fourth-order valence-corrected chi connectivity index (χ4v) is 9.74. The Labute approximate surface area is 223 Å². The molecule has 0 atom stereocenters. The van der Waals surface area contributed by atoms with Crippen LogP contribution >= 0.6 is 15.3 Å². The highest BCUT2D eigenvalue weighted by molar-refractivity contribution is 7.67. The molecule has 0 aliphatic carbocycles. The molecule has 0 saturated carbocycles. The van der Waals surface area contributed by atoms with E-state index in [-0.39, 0.29) is 5.04 Å². The van der Waals surface area contributed by atoms with Gasteiger partial charge in [0, 0.05) is 13.1 Å². The molecule has 11 heteroatoms. The van der Waals surface area contributed by atoms with E-state index in [9.17, 15) is 4.57 Å². The number of benzene rings is 2. The predicted octanol–water partition coefficient (Wildman–Crippen LogP) is 7.67. The summed E-state index contributed by atoms with van der Waals surface area (Å²) in [6, 6.07) is 17.9. The molecule has 37 heavy (non-hydrogen) atoms. The Hall–Kier alpha value is -1.70. The van der Waals surface area contributed by atoms with Crippen molar-refractivity contribution in [2.45, 2.75) is 38.9 Å². The molecular weight excluding hydrogens is 524 g/mol. The van der Waals surface area contributed by atoms with Gasteiger partial charge in [-0.3, -0.25) is 0 Å². The minimum Gasteiger partial charge on any atom is -0.413 e. The van der Waals surface area contributed by atoms with Crippen molar-refractivity contribution in [1.29, 1.82) is 0 Å². The summed E-state index contributed by atoms with van der Waals surface area (Å²) in [5.74, 6) is 0.826. The highest BCUT2D eigenvalue weighted by Gasteiger charge is 2.43. The van der Waals surface area contributed by atoms with E-state index in [1.54, 1.807) is 24.3 Å². The van der Waals surface area contributed by atoms with E-state index < -0.39 is 23.6 Å². The summed E-state index contributed by atoms with van der Waals surface area (Å²) in [6.45, 7) is 13.4. The third-order valence-corrected chi connectivity index (χ3v) is 16.5.